The van der Waals surface area contributed by atoms with Crippen molar-refractivity contribution in [2.24, 2.45) is 7.05 Å². The third-order valence-corrected chi connectivity index (χ3v) is 4.55. The van der Waals surface area contributed by atoms with Gasteiger partial charge in [0.1, 0.15) is 0 Å². The van der Waals surface area contributed by atoms with Crippen molar-refractivity contribution in [1.82, 2.24) is 19.6 Å². The lowest BCUT2D eigenvalue weighted by atomic mass is 10.1. The number of aromatic nitrogens is 2. The first-order valence-corrected chi connectivity index (χ1v) is 8.75. The molecule has 0 bridgehead atoms. The topological polar surface area (TPSA) is 53.8 Å². The Hall–Kier alpha value is -0.950. The summed E-state index contributed by atoms with van der Waals surface area (Å²) in [5.74, 6) is 0. The van der Waals surface area contributed by atoms with E-state index in [1.807, 2.05) is 11.7 Å². The molecule has 2 heterocycles. The predicted octanol–water partition coefficient (Wildman–Crippen LogP) is 0.670. The molecule has 132 valence electrons. The zero-order valence-electron chi connectivity index (χ0n) is 15.1. The molecule has 0 aliphatic carbocycles. The number of nitrogens with zero attached hydrogens (tertiary/aromatic N) is 4. The van der Waals surface area contributed by atoms with Crippen LogP contribution in [0.2, 0.25) is 0 Å². The van der Waals surface area contributed by atoms with E-state index in [1.54, 1.807) is 0 Å². The van der Waals surface area contributed by atoms with Crippen LogP contribution in [-0.2, 0) is 31.2 Å². The molecule has 0 spiro atoms. The van der Waals surface area contributed by atoms with Crippen molar-refractivity contribution in [3.8, 4) is 0 Å². The highest BCUT2D eigenvalue weighted by Gasteiger charge is 2.19. The molecule has 1 atom stereocenters. The van der Waals surface area contributed by atoms with Crippen LogP contribution in [0.5, 0.6) is 0 Å². The molecule has 6 heteroatoms. The lowest BCUT2D eigenvalue weighted by molar-refractivity contribution is 0.00822. The standard InChI is InChI=1S/C17H32N4O2/c1-5-16-15(17(6-2)20(4)18-16)13-19(3)11-14(22)12-21-7-9-23-10-8-21/h14,22H,5-13H2,1-4H3. The summed E-state index contributed by atoms with van der Waals surface area (Å²) in [6.07, 6.45) is 1.61. The molecule has 1 fully saturated rings. The summed E-state index contributed by atoms with van der Waals surface area (Å²) < 4.78 is 7.36. The van der Waals surface area contributed by atoms with Crippen LogP contribution in [0.15, 0.2) is 0 Å². The molecule has 1 aliphatic heterocycles. The van der Waals surface area contributed by atoms with Gasteiger partial charge in [-0.1, -0.05) is 13.8 Å². The van der Waals surface area contributed by atoms with Gasteiger partial charge in [-0.2, -0.15) is 5.10 Å². The van der Waals surface area contributed by atoms with Crippen molar-refractivity contribution in [3.63, 3.8) is 0 Å². The van der Waals surface area contributed by atoms with Crippen molar-refractivity contribution in [1.29, 1.82) is 0 Å². The van der Waals surface area contributed by atoms with Crippen molar-refractivity contribution in [2.45, 2.75) is 39.3 Å². The Kier molecular flexibility index (Phi) is 7.02. The molecule has 23 heavy (non-hydrogen) atoms. The maximum absolute atomic E-state index is 10.4. The summed E-state index contributed by atoms with van der Waals surface area (Å²) in [4.78, 5) is 4.49. The fourth-order valence-corrected chi connectivity index (χ4v) is 3.41. The Bertz CT molecular complexity index is 483. The van der Waals surface area contributed by atoms with Crippen molar-refractivity contribution in [2.75, 3.05) is 46.4 Å². The van der Waals surface area contributed by atoms with Crippen LogP contribution in [0, 0.1) is 0 Å². The number of hydrogen-bond donors (Lipinski definition) is 1. The molecule has 1 aromatic heterocycles. The van der Waals surface area contributed by atoms with Crippen molar-refractivity contribution in [3.05, 3.63) is 17.0 Å². The van der Waals surface area contributed by atoms with Crippen molar-refractivity contribution >= 4 is 0 Å². The first-order valence-electron chi connectivity index (χ1n) is 8.75. The summed E-state index contributed by atoms with van der Waals surface area (Å²) in [5, 5.41) is 15.0. The van der Waals surface area contributed by atoms with Gasteiger partial charge < -0.3 is 9.84 Å². The summed E-state index contributed by atoms with van der Waals surface area (Å²) in [6, 6.07) is 0. The number of hydrogen-bond acceptors (Lipinski definition) is 5. The van der Waals surface area contributed by atoms with E-state index < -0.39 is 0 Å². The fourth-order valence-electron chi connectivity index (χ4n) is 3.41. The second-order valence-electron chi connectivity index (χ2n) is 6.47. The Morgan fingerprint density at radius 2 is 1.96 bits per heavy atom. The van der Waals surface area contributed by atoms with E-state index in [9.17, 15) is 5.11 Å². The minimum Gasteiger partial charge on any atom is -0.390 e. The fraction of sp³-hybridized carbons (Fsp3) is 0.824. The van der Waals surface area contributed by atoms with Crippen LogP contribution in [0.25, 0.3) is 0 Å². The largest absolute Gasteiger partial charge is 0.390 e. The molecular formula is C17H32N4O2. The minimum atomic E-state index is -0.329. The summed E-state index contributed by atoms with van der Waals surface area (Å²) >= 11 is 0. The SMILES string of the molecule is CCc1nn(C)c(CC)c1CN(C)CC(O)CN1CCOCC1. The number of aliphatic hydroxyl groups is 1. The highest BCUT2D eigenvalue weighted by Crippen LogP contribution is 2.17. The van der Waals surface area contributed by atoms with Crippen LogP contribution in [0.4, 0.5) is 0 Å². The molecule has 1 saturated heterocycles. The smallest absolute Gasteiger partial charge is 0.0793 e. The number of ether oxygens (including phenoxy) is 1. The maximum Gasteiger partial charge on any atom is 0.0793 e. The zero-order valence-corrected chi connectivity index (χ0v) is 15.1. The quantitative estimate of drug-likeness (QED) is 0.762. The summed E-state index contributed by atoms with van der Waals surface area (Å²) in [5.41, 5.74) is 3.81. The van der Waals surface area contributed by atoms with E-state index >= 15 is 0 Å². The predicted molar refractivity (Wildman–Crippen MR) is 91.6 cm³/mol. The van der Waals surface area contributed by atoms with Crippen LogP contribution < -0.4 is 0 Å². The Morgan fingerprint density at radius 3 is 2.57 bits per heavy atom. The lowest BCUT2D eigenvalue weighted by Crippen LogP contribution is -2.44. The van der Waals surface area contributed by atoms with Gasteiger partial charge in [-0.3, -0.25) is 14.5 Å². The van der Waals surface area contributed by atoms with Gasteiger partial charge in [0, 0.05) is 51.0 Å². The Labute approximate surface area is 140 Å². The second kappa shape index (κ2) is 8.78. The van der Waals surface area contributed by atoms with Crippen LogP contribution in [-0.4, -0.2) is 77.2 Å². The zero-order chi connectivity index (χ0) is 16.8. The Balaban J connectivity index is 1.89. The van der Waals surface area contributed by atoms with Gasteiger partial charge in [-0.05, 0) is 19.9 Å². The number of rotatable bonds is 8. The normalized spacial score (nSPS) is 17.8. The third kappa shape index (κ3) is 5.01. The maximum atomic E-state index is 10.4. The van der Waals surface area contributed by atoms with E-state index in [0.717, 1.165) is 52.2 Å². The summed E-state index contributed by atoms with van der Waals surface area (Å²) in [7, 11) is 4.10. The van der Waals surface area contributed by atoms with Gasteiger partial charge in [0.05, 0.1) is 25.0 Å². The van der Waals surface area contributed by atoms with Gasteiger partial charge >= 0.3 is 0 Å². The molecule has 0 saturated carbocycles. The molecular weight excluding hydrogens is 292 g/mol. The number of morpholine rings is 1. The average Bonchev–Trinajstić information content (AvgIpc) is 2.82. The minimum absolute atomic E-state index is 0.329. The third-order valence-electron chi connectivity index (χ3n) is 4.55. The van der Waals surface area contributed by atoms with Crippen molar-refractivity contribution < 1.29 is 9.84 Å². The Morgan fingerprint density at radius 1 is 1.26 bits per heavy atom. The first kappa shape index (κ1) is 18.4. The molecule has 1 unspecified atom stereocenters. The second-order valence-corrected chi connectivity index (χ2v) is 6.47. The van der Waals surface area contributed by atoms with E-state index in [2.05, 4.69) is 35.8 Å². The average molecular weight is 324 g/mol. The first-order chi connectivity index (χ1) is 11.0. The van der Waals surface area contributed by atoms with Gasteiger partial charge in [0.15, 0.2) is 0 Å². The number of aryl methyl sites for hydroxylation is 2. The van der Waals surface area contributed by atoms with E-state index in [0.29, 0.717) is 6.54 Å². The number of likely N-dealkylation sites (N-methyl/N-ethyl adjacent to an activating group) is 1. The highest BCUT2D eigenvalue weighted by molar-refractivity contribution is 5.26. The molecule has 1 N–H and O–H groups in total. The molecule has 0 aromatic carbocycles. The number of β-amino-alcohol motifs (C(OH)–C–C–N with tert-alkyl or cyclic N) is 1. The van der Waals surface area contributed by atoms with Gasteiger partial charge in [-0.15, -0.1) is 0 Å². The van der Waals surface area contributed by atoms with E-state index in [1.165, 1.54) is 17.0 Å². The molecule has 0 amide bonds. The molecule has 1 aliphatic rings. The molecule has 2 rings (SSSR count). The van der Waals surface area contributed by atoms with E-state index in [4.69, 9.17) is 4.74 Å². The van der Waals surface area contributed by atoms with E-state index in [-0.39, 0.29) is 6.10 Å². The molecule has 0 radical (unpaired) electrons. The van der Waals surface area contributed by atoms with Gasteiger partial charge in [0.25, 0.3) is 0 Å². The van der Waals surface area contributed by atoms with Crippen LogP contribution in [0.3, 0.4) is 0 Å². The molecule has 1 aromatic rings. The van der Waals surface area contributed by atoms with Crippen LogP contribution >= 0.6 is 0 Å². The summed E-state index contributed by atoms with van der Waals surface area (Å²) in [6.45, 7) is 9.97. The lowest BCUT2D eigenvalue weighted by Gasteiger charge is -2.30. The van der Waals surface area contributed by atoms with Gasteiger partial charge in [0.2, 0.25) is 0 Å². The molecule has 6 nitrogen and oxygen atoms in total. The monoisotopic (exact) mass is 324 g/mol. The number of aliphatic hydroxyl groups excluding tert-OH is 1. The highest BCUT2D eigenvalue weighted by atomic mass is 16.5. The van der Waals surface area contributed by atoms with Crippen LogP contribution in [0.1, 0.15) is 30.8 Å². The van der Waals surface area contributed by atoms with Gasteiger partial charge in [-0.25, -0.2) is 0 Å².